The molecule has 0 spiro atoms. The van der Waals surface area contributed by atoms with E-state index in [-0.39, 0.29) is 23.3 Å². The van der Waals surface area contributed by atoms with Crippen molar-refractivity contribution in [3.05, 3.63) is 0 Å². The minimum absolute atomic E-state index is 0.0309. The summed E-state index contributed by atoms with van der Waals surface area (Å²) in [5.74, 6) is 0.182. The molecule has 0 bridgehead atoms. The zero-order valence-electron chi connectivity index (χ0n) is 11.4. The molecule has 0 aromatic carbocycles. The molecule has 1 aliphatic carbocycles. The predicted octanol–water partition coefficient (Wildman–Crippen LogP) is 1.44. The van der Waals surface area contributed by atoms with Crippen molar-refractivity contribution < 1.29 is 9.53 Å². The van der Waals surface area contributed by atoms with Crippen LogP contribution in [0, 0.1) is 11.3 Å². The second-order valence-electron chi connectivity index (χ2n) is 5.95. The lowest BCUT2D eigenvalue weighted by Crippen LogP contribution is -2.46. The van der Waals surface area contributed by atoms with Gasteiger partial charge in [-0.15, -0.1) is 0 Å². The summed E-state index contributed by atoms with van der Waals surface area (Å²) in [5, 5.41) is 3.12. The van der Waals surface area contributed by atoms with E-state index in [2.05, 4.69) is 5.32 Å². The zero-order valence-corrected chi connectivity index (χ0v) is 11.4. The second kappa shape index (κ2) is 6.02. The Morgan fingerprint density at radius 2 is 2.11 bits per heavy atom. The molecule has 1 saturated carbocycles. The molecular formula is C14H26N2O2. The Labute approximate surface area is 110 Å². The molecule has 1 heterocycles. The maximum Gasteiger partial charge on any atom is 0.225 e. The van der Waals surface area contributed by atoms with E-state index in [1.165, 1.54) is 19.3 Å². The molecule has 2 aliphatic rings. The number of nitrogens with one attached hydrogen (secondary N) is 1. The van der Waals surface area contributed by atoms with E-state index in [0.717, 1.165) is 25.8 Å². The molecule has 2 unspecified atom stereocenters. The van der Waals surface area contributed by atoms with Gasteiger partial charge in [-0.2, -0.15) is 0 Å². The van der Waals surface area contributed by atoms with E-state index < -0.39 is 0 Å². The summed E-state index contributed by atoms with van der Waals surface area (Å²) < 4.78 is 5.44. The predicted molar refractivity (Wildman–Crippen MR) is 71.1 cm³/mol. The Kier molecular flexibility index (Phi) is 4.62. The fourth-order valence-electron chi connectivity index (χ4n) is 3.24. The van der Waals surface area contributed by atoms with Gasteiger partial charge in [0, 0.05) is 13.2 Å². The Hall–Kier alpha value is -0.610. The zero-order chi connectivity index (χ0) is 13.0. The lowest BCUT2D eigenvalue weighted by atomic mass is 9.74. The molecule has 0 aromatic heterocycles. The summed E-state index contributed by atoms with van der Waals surface area (Å²) in [6.07, 6.45) is 7.02. The van der Waals surface area contributed by atoms with Crippen LogP contribution < -0.4 is 11.1 Å². The van der Waals surface area contributed by atoms with Crippen LogP contribution in [-0.4, -0.2) is 31.7 Å². The monoisotopic (exact) mass is 254 g/mol. The quantitative estimate of drug-likeness (QED) is 0.798. The van der Waals surface area contributed by atoms with Crippen molar-refractivity contribution in [1.82, 2.24) is 5.32 Å². The average Bonchev–Trinajstić information content (AvgIpc) is 2.83. The van der Waals surface area contributed by atoms with Gasteiger partial charge in [0.05, 0.1) is 12.0 Å². The van der Waals surface area contributed by atoms with E-state index in [1.54, 1.807) is 0 Å². The van der Waals surface area contributed by atoms with Crippen LogP contribution in [0.5, 0.6) is 0 Å². The van der Waals surface area contributed by atoms with Crippen molar-refractivity contribution >= 4 is 5.91 Å². The van der Waals surface area contributed by atoms with Crippen molar-refractivity contribution in [3.8, 4) is 0 Å². The second-order valence-corrected chi connectivity index (χ2v) is 5.95. The smallest absolute Gasteiger partial charge is 0.225 e. The first kappa shape index (κ1) is 13.8. The van der Waals surface area contributed by atoms with Crippen molar-refractivity contribution in [1.29, 1.82) is 0 Å². The first-order valence-electron chi connectivity index (χ1n) is 7.26. The highest BCUT2D eigenvalue weighted by molar-refractivity contribution is 5.79. The highest BCUT2D eigenvalue weighted by atomic mass is 16.5. The Morgan fingerprint density at radius 1 is 1.39 bits per heavy atom. The third-order valence-corrected chi connectivity index (χ3v) is 4.70. The number of carbonyl (C=O) groups excluding carboxylic acids is 1. The number of carbonyl (C=O) groups is 1. The van der Waals surface area contributed by atoms with Crippen LogP contribution in [-0.2, 0) is 9.53 Å². The van der Waals surface area contributed by atoms with Crippen LogP contribution >= 0.6 is 0 Å². The van der Waals surface area contributed by atoms with Crippen LogP contribution in [0.2, 0.25) is 0 Å². The molecule has 18 heavy (non-hydrogen) atoms. The fourth-order valence-corrected chi connectivity index (χ4v) is 3.24. The minimum atomic E-state index is 0.0309. The molecular weight excluding hydrogens is 228 g/mol. The number of hydrogen-bond donors (Lipinski definition) is 2. The molecule has 2 fully saturated rings. The average molecular weight is 254 g/mol. The topological polar surface area (TPSA) is 64.3 Å². The molecule has 1 amide bonds. The Morgan fingerprint density at radius 3 is 2.67 bits per heavy atom. The van der Waals surface area contributed by atoms with Crippen molar-refractivity contribution in [2.75, 3.05) is 19.7 Å². The van der Waals surface area contributed by atoms with Crippen LogP contribution in [0.1, 0.15) is 45.4 Å². The van der Waals surface area contributed by atoms with Crippen molar-refractivity contribution in [2.45, 2.75) is 51.6 Å². The van der Waals surface area contributed by atoms with Gasteiger partial charge in [-0.1, -0.05) is 19.3 Å². The van der Waals surface area contributed by atoms with Crippen LogP contribution in [0.4, 0.5) is 0 Å². The summed E-state index contributed by atoms with van der Waals surface area (Å²) >= 11 is 0. The summed E-state index contributed by atoms with van der Waals surface area (Å²) in [5.41, 5.74) is 6.08. The van der Waals surface area contributed by atoms with Gasteiger partial charge >= 0.3 is 0 Å². The van der Waals surface area contributed by atoms with Gasteiger partial charge in [0.2, 0.25) is 5.91 Å². The molecule has 1 saturated heterocycles. The van der Waals surface area contributed by atoms with Gasteiger partial charge < -0.3 is 15.8 Å². The van der Waals surface area contributed by atoms with Crippen LogP contribution in [0.25, 0.3) is 0 Å². The summed E-state index contributed by atoms with van der Waals surface area (Å²) in [6.45, 7) is 4.12. The van der Waals surface area contributed by atoms with Gasteiger partial charge in [0.25, 0.3) is 0 Å². The molecule has 2 rings (SSSR count). The minimum Gasteiger partial charge on any atom is -0.378 e. The first-order valence-corrected chi connectivity index (χ1v) is 7.26. The van der Waals surface area contributed by atoms with Gasteiger partial charge in [0.1, 0.15) is 0 Å². The lowest BCUT2D eigenvalue weighted by Gasteiger charge is -2.36. The number of ether oxygens (including phenoxy) is 1. The summed E-state index contributed by atoms with van der Waals surface area (Å²) in [4.78, 5) is 12.1. The number of rotatable bonds is 4. The van der Waals surface area contributed by atoms with Gasteiger partial charge in [-0.3, -0.25) is 4.79 Å². The van der Waals surface area contributed by atoms with Gasteiger partial charge in [-0.05, 0) is 38.1 Å². The number of amides is 1. The standard InChI is InChI=1S/C14H26N2O2/c1-11-12(5-8-18-11)13(17)16-10-14(9-15)6-3-2-4-7-14/h11-12H,2-10,15H2,1H3,(H,16,17). The first-order chi connectivity index (χ1) is 8.67. The third-order valence-electron chi connectivity index (χ3n) is 4.70. The molecule has 2 atom stereocenters. The number of nitrogens with two attached hydrogens (primary N) is 1. The normalized spacial score (nSPS) is 31.2. The largest absolute Gasteiger partial charge is 0.378 e. The SMILES string of the molecule is CC1OCCC1C(=O)NCC1(CN)CCCCC1. The molecule has 0 aromatic rings. The summed E-state index contributed by atoms with van der Waals surface area (Å²) in [6, 6.07) is 0. The third kappa shape index (κ3) is 3.04. The molecule has 1 aliphatic heterocycles. The number of hydrogen-bond acceptors (Lipinski definition) is 3. The summed E-state index contributed by atoms with van der Waals surface area (Å²) in [7, 11) is 0. The Balaban J connectivity index is 1.83. The highest BCUT2D eigenvalue weighted by Crippen LogP contribution is 2.34. The fraction of sp³-hybridized carbons (Fsp3) is 0.929. The van der Waals surface area contributed by atoms with Crippen molar-refractivity contribution in [2.24, 2.45) is 17.1 Å². The van der Waals surface area contributed by atoms with Crippen molar-refractivity contribution in [3.63, 3.8) is 0 Å². The molecule has 4 nitrogen and oxygen atoms in total. The van der Waals surface area contributed by atoms with E-state index >= 15 is 0 Å². The van der Waals surface area contributed by atoms with E-state index in [0.29, 0.717) is 13.2 Å². The van der Waals surface area contributed by atoms with E-state index in [9.17, 15) is 4.79 Å². The molecule has 4 heteroatoms. The highest BCUT2D eigenvalue weighted by Gasteiger charge is 2.34. The molecule has 0 radical (unpaired) electrons. The van der Waals surface area contributed by atoms with Gasteiger partial charge in [-0.25, -0.2) is 0 Å². The Bertz CT molecular complexity index is 288. The van der Waals surface area contributed by atoms with Gasteiger partial charge in [0.15, 0.2) is 0 Å². The van der Waals surface area contributed by atoms with Crippen LogP contribution in [0.15, 0.2) is 0 Å². The van der Waals surface area contributed by atoms with Crippen LogP contribution in [0.3, 0.4) is 0 Å². The maximum absolute atomic E-state index is 12.1. The van der Waals surface area contributed by atoms with E-state index in [1.807, 2.05) is 6.92 Å². The molecule has 3 N–H and O–H groups in total. The van der Waals surface area contributed by atoms with E-state index in [4.69, 9.17) is 10.5 Å². The lowest BCUT2D eigenvalue weighted by molar-refractivity contribution is -0.127. The molecule has 104 valence electrons. The maximum atomic E-state index is 12.1.